The van der Waals surface area contributed by atoms with Crippen molar-refractivity contribution < 1.29 is 9.53 Å². The highest BCUT2D eigenvalue weighted by Gasteiger charge is 2.13. The number of nitrogens with one attached hydrogen (secondary N) is 1. The minimum absolute atomic E-state index is 0.312. The third kappa shape index (κ3) is 3.85. The zero-order valence-electron chi connectivity index (χ0n) is 12.7. The maximum absolute atomic E-state index is 11.8. The molecule has 3 nitrogen and oxygen atoms in total. The Bertz CT molecular complexity index is 608. The largest absolute Gasteiger partial charge is 0.465 e. The van der Waals surface area contributed by atoms with Gasteiger partial charge in [0.25, 0.3) is 0 Å². The summed E-state index contributed by atoms with van der Waals surface area (Å²) in [7, 11) is 1.40. The SMILES string of the molecule is COC(=O)c1cc(C)ccc1NCC(C)c1ccccc1. The molecule has 0 radical (unpaired) electrons. The van der Waals surface area contributed by atoms with Crippen molar-refractivity contribution in [3.05, 3.63) is 65.2 Å². The minimum atomic E-state index is -0.312. The lowest BCUT2D eigenvalue weighted by Gasteiger charge is -2.16. The van der Waals surface area contributed by atoms with Gasteiger partial charge >= 0.3 is 5.97 Å². The average Bonchev–Trinajstić information content (AvgIpc) is 2.53. The molecule has 0 aromatic heterocycles. The summed E-state index contributed by atoms with van der Waals surface area (Å²) in [4.78, 5) is 11.8. The van der Waals surface area contributed by atoms with Crippen LogP contribution in [-0.4, -0.2) is 19.6 Å². The first-order valence-corrected chi connectivity index (χ1v) is 7.09. The molecule has 21 heavy (non-hydrogen) atoms. The van der Waals surface area contributed by atoms with E-state index in [4.69, 9.17) is 4.74 Å². The summed E-state index contributed by atoms with van der Waals surface area (Å²) in [6.07, 6.45) is 0. The minimum Gasteiger partial charge on any atom is -0.465 e. The Kier molecular flexibility index (Phi) is 4.99. The second-order valence-electron chi connectivity index (χ2n) is 5.23. The third-order valence-electron chi connectivity index (χ3n) is 3.55. The van der Waals surface area contributed by atoms with Crippen molar-refractivity contribution in [2.45, 2.75) is 19.8 Å². The third-order valence-corrected chi connectivity index (χ3v) is 3.55. The molecule has 0 fully saturated rings. The molecule has 1 atom stereocenters. The number of anilines is 1. The van der Waals surface area contributed by atoms with E-state index in [0.717, 1.165) is 17.8 Å². The van der Waals surface area contributed by atoms with Crippen LogP contribution in [0.3, 0.4) is 0 Å². The summed E-state index contributed by atoms with van der Waals surface area (Å²) in [5.41, 5.74) is 3.71. The molecule has 2 aromatic carbocycles. The van der Waals surface area contributed by atoms with Crippen molar-refractivity contribution >= 4 is 11.7 Å². The molecule has 0 amide bonds. The molecule has 0 aliphatic carbocycles. The van der Waals surface area contributed by atoms with E-state index in [1.54, 1.807) is 0 Å². The number of carbonyl (C=O) groups excluding carboxylic acids is 1. The van der Waals surface area contributed by atoms with E-state index in [2.05, 4.69) is 24.4 Å². The molecule has 1 N–H and O–H groups in total. The van der Waals surface area contributed by atoms with Crippen LogP contribution in [0.25, 0.3) is 0 Å². The lowest BCUT2D eigenvalue weighted by atomic mass is 10.0. The second-order valence-corrected chi connectivity index (χ2v) is 5.23. The summed E-state index contributed by atoms with van der Waals surface area (Å²) in [5, 5.41) is 3.35. The standard InChI is InChI=1S/C18H21NO2/c1-13-9-10-17(16(11-13)18(20)21-3)19-12-14(2)15-7-5-4-6-8-15/h4-11,14,19H,12H2,1-3H3. The summed E-state index contributed by atoms with van der Waals surface area (Å²) >= 11 is 0. The number of ether oxygens (including phenoxy) is 1. The van der Waals surface area contributed by atoms with Gasteiger partial charge in [-0.1, -0.05) is 48.9 Å². The summed E-state index contributed by atoms with van der Waals surface area (Å²) in [6, 6.07) is 16.1. The van der Waals surface area contributed by atoms with Crippen LogP contribution in [0.2, 0.25) is 0 Å². The number of rotatable bonds is 5. The van der Waals surface area contributed by atoms with Crippen LogP contribution in [0, 0.1) is 6.92 Å². The van der Waals surface area contributed by atoms with Crippen molar-refractivity contribution in [2.75, 3.05) is 19.0 Å². The highest BCUT2D eigenvalue weighted by molar-refractivity contribution is 5.95. The Hall–Kier alpha value is -2.29. The Morgan fingerprint density at radius 3 is 2.57 bits per heavy atom. The number of aryl methyl sites for hydroxylation is 1. The van der Waals surface area contributed by atoms with Crippen molar-refractivity contribution in [1.82, 2.24) is 0 Å². The topological polar surface area (TPSA) is 38.3 Å². The summed E-state index contributed by atoms with van der Waals surface area (Å²) in [5.74, 6) is 0.0477. The molecule has 0 aliphatic heterocycles. The fourth-order valence-corrected chi connectivity index (χ4v) is 2.25. The Labute approximate surface area is 126 Å². The maximum Gasteiger partial charge on any atom is 0.339 e. The average molecular weight is 283 g/mol. The molecule has 110 valence electrons. The first-order chi connectivity index (χ1) is 10.1. The van der Waals surface area contributed by atoms with Crippen LogP contribution in [0.5, 0.6) is 0 Å². The van der Waals surface area contributed by atoms with Crippen LogP contribution >= 0.6 is 0 Å². The highest BCUT2D eigenvalue weighted by atomic mass is 16.5. The van der Waals surface area contributed by atoms with Crippen molar-refractivity contribution in [3.63, 3.8) is 0 Å². The normalized spacial score (nSPS) is 11.8. The highest BCUT2D eigenvalue weighted by Crippen LogP contribution is 2.21. The zero-order chi connectivity index (χ0) is 15.2. The van der Waals surface area contributed by atoms with Gasteiger partial charge in [-0.25, -0.2) is 4.79 Å². The first kappa shape index (κ1) is 15.1. The van der Waals surface area contributed by atoms with E-state index in [9.17, 15) is 4.79 Å². The van der Waals surface area contributed by atoms with Crippen LogP contribution in [-0.2, 0) is 4.74 Å². The molecule has 0 aliphatic rings. The fourth-order valence-electron chi connectivity index (χ4n) is 2.25. The van der Waals surface area contributed by atoms with Gasteiger partial charge in [0.1, 0.15) is 0 Å². The molecule has 0 saturated carbocycles. The van der Waals surface area contributed by atoms with Gasteiger partial charge in [-0.05, 0) is 30.5 Å². The van der Waals surface area contributed by atoms with E-state index in [0.29, 0.717) is 11.5 Å². The lowest BCUT2D eigenvalue weighted by molar-refractivity contribution is 0.0601. The molecule has 2 rings (SSSR count). The van der Waals surface area contributed by atoms with Gasteiger partial charge in [-0.3, -0.25) is 0 Å². The van der Waals surface area contributed by atoms with Gasteiger partial charge in [-0.15, -0.1) is 0 Å². The number of methoxy groups -OCH3 is 1. The molecule has 0 spiro atoms. The Morgan fingerprint density at radius 2 is 1.90 bits per heavy atom. The van der Waals surface area contributed by atoms with Gasteiger partial charge in [0.15, 0.2) is 0 Å². The van der Waals surface area contributed by atoms with E-state index in [-0.39, 0.29) is 5.97 Å². The zero-order valence-corrected chi connectivity index (χ0v) is 12.7. The molecule has 0 heterocycles. The fraction of sp³-hybridized carbons (Fsp3) is 0.278. The monoisotopic (exact) mass is 283 g/mol. The van der Waals surface area contributed by atoms with Crippen LogP contribution in [0.15, 0.2) is 48.5 Å². The van der Waals surface area contributed by atoms with E-state index in [1.165, 1.54) is 12.7 Å². The summed E-state index contributed by atoms with van der Waals surface area (Å²) in [6.45, 7) is 4.88. The molecule has 0 bridgehead atoms. The Balaban J connectivity index is 2.11. The maximum atomic E-state index is 11.8. The number of hydrogen-bond donors (Lipinski definition) is 1. The van der Waals surface area contributed by atoms with Gasteiger partial charge in [0, 0.05) is 12.2 Å². The number of carbonyl (C=O) groups is 1. The van der Waals surface area contributed by atoms with Crippen molar-refractivity contribution in [1.29, 1.82) is 0 Å². The van der Waals surface area contributed by atoms with Gasteiger partial charge in [0.05, 0.1) is 12.7 Å². The molecule has 3 heteroatoms. The van der Waals surface area contributed by atoms with Gasteiger partial charge in [0.2, 0.25) is 0 Å². The number of benzene rings is 2. The molecule has 0 saturated heterocycles. The number of hydrogen-bond acceptors (Lipinski definition) is 3. The predicted molar refractivity (Wildman–Crippen MR) is 85.9 cm³/mol. The molecule has 2 aromatic rings. The molecule has 1 unspecified atom stereocenters. The smallest absolute Gasteiger partial charge is 0.339 e. The van der Waals surface area contributed by atoms with Crippen LogP contribution in [0.1, 0.15) is 34.3 Å². The summed E-state index contributed by atoms with van der Waals surface area (Å²) < 4.78 is 4.84. The molecular weight excluding hydrogens is 262 g/mol. The van der Waals surface area contributed by atoms with Crippen LogP contribution < -0.4 is 5.32 Å². The van der Waals surface area contributed by atoms with Crippen molar-refractivity contribution in [3.8, 4) is 0 Å². The predicted octanol–water partition coefficient (Wildman–Crippen LogP) is 4.00. The second kappa shape index (κ2) is 6.93. The van der Waals surface area contributed by atoms with Gasteiger partial charge < -0.3 is 10.1 Å². The van der Waals surface area contributed by atoms with E-state index in [1.807, 2.05) is 43.3 Å². The van der Waals surface area contributed by atoms with Crippen molar-refractivity contribution in [2.24, 2.45) is 0 Å². The molecular formula is C18H21NO2. The lowest BCUT2D eigenvalue weighted by Crippen LogP contribution is -2.13. The van der Waals surface area contributed by atoms with E-state index >= 15 is 0 Å². The van der Waals surface area contributed by atoms with E-state index < -0.39 is 0 Å². The van der Waals surface area contributed by atoms with Crippen LogP contribution in [0.4, 0.5) is 5.69 Å². The quantitative estimate of drug-likeness (QED) is 0.843. The van der Waals surface area contributed by atoms with Gasteiger partial charge in [-0.2, -0.15) is 0 Å². The first-order valence-electron chi connectivity index (χ1n) is 7.09. The Morgan fingerprint density at radius 1 is 1.19 bits per heavy atom. The number of esters is 1.